The van der Waals surface area contributed by atoms with Crippen LogP contribution in [0.1, 0.15) is 27.8 Å². The van der Waals surface area contributed by atoms with Crippen molar-refractivity contribution in [3.8, 4) is 11.5 Å². The topological polar surface area (TPSA) is 82.0 Å². The first-order valence-corrected chi connectivity index (χ1v) is 11.0. The highest BCUT2D eigenvalue weighted by Gasteiger charge is 2.31. The molecule has 1 fully saturated rings. The van der Waals surface area contributed by atoms with Crippen LogP contribution in [-0.4, -0.2) is 66.2 Å². The van der Waals surface area contributed by atoms with Crippen molar-refractivity contribution in [2.75, 3.05) is 45.3 Å². The molecule has 2 aliphatic rings. The number of ether oxygens (including phenoxy) is 3. The summed E-state index contributed by atoms with van der Waals surface area (Å²) in [6.07, 6.45) is -0.141. The van der Waals surface area contributed by atoms with E-state index in [9.17, 15) is 4.79 Å². The molecule has 5 rings (SSSR count). The van der Waals surface area contributed by atoms with E-state index in [1.807, 2.05) is 53.4 Å². The first-order valence-electron chi connectivity index (χ1n) is 11.0. The van der Waals surface area contributed by atoms with E-state index in [0.29, 0.717) is 31.9 Å². The van der Waals surface area contributed by atoms with Gasteiger partial charge >= 0.3 is 0 Å². The Morgan fingerprint density at radius 2 is 1.76 bits per heavy atom. The zero-order chi connectivity index (χ0) is 22.8. The number of nitrogens with zero attached hydrogens (tertiary/aromatic N) is 5. The van der Waals surface area contributed by atoms with Gasteiger partial charge in [0.1, 0.15) is 17.6 Å². The molecule has 9 nitrogen and oxygen atoms in total. The number of aromatic nitrogens is 3. The van der Waals surface area contributed by atoms with Crippen molar-refractivity contribution in [2.24, 2.45) is 0 Å². The van der Waals surface area contributed by atoms with Gasteiger partial charge in [0.15, 0.2) is 5.69 Å². The summed E-state index contributed by atoms with van der Waals surface area (Å²) in [5.41, 5.74) is 3.20. The fourth-order valence-electron chi connectivity index (χ4n) is 4.39. The summed E-state index contributed by atoms with van der Waals surface area (Å²) in [6.45, 7) is 3.49. The smallest absolute Gasteiger partial charge is 0.276 e. The first-order chi connectivity index (χ1) is 16.2. The van der Waals surface area contributed by atoms with Crippen LogP contribution in [0.2, 0.25) is 0 Å². The lowest BCUT2D eigenvalue weighted by atomic mass is 10.1. The minimum absolute atomic E-state index is 0.0950. The Hall–Kier alpha value is -3.59. The molecule has 1 amide bonds. The van der Waals surface area contributed by atoms with Gasteiger partial charge in [0, 0.05) is 26.2 Å². The van der Waals surface area contributed by atoms with Crippen molar-refractivity contribution in [1.82, 2.24) is 19.9 Å². The number of fused-ring (bicyclic) bond motifs is 1. The second kappa shape index (κ2) is 9.11. The zero-order valence-electron chi connectivity index (χ0n) is 18.8. The summed E-state index contributed by atoms with van der Waals surface area (Å²) < 4.78 is 18.6. The number of carbonyl (C=O) groups excluding carboxylic acids is 1. The maximum Gasteiger partial charge on any atom is 0.276 e. The van der Waals surface area contributed by atoms with Gasteiger partial charge in [-0.15, -0.1) is 5.10 Å². The molecule has 9 heteroatoms. The third-order valence-corrected chi connectivity index (χ3v) is 6.28. The van der Waals surface area contributed by atoms with E-state index in [0.717, 1.165) is 41.5 Å². The van der Waals surface area contributed by atoms with Crippen LogP contribution in [0, 0.1) is 0 Å². The maximum absolute atomic E-state index is 13.2. The van der Waals surface area contributed by atoms with E-state index in [2.05, 4.69) is 15.2 Å². The highest BCUT2D eigenvalue weighted by atomic mass is 16.5. The molecule has 172 valence electrons. The van der Waals surface area contributed by atoms with E-state index >= 15 is 0 Å². The summed E-state index contributed by atoms with van der Waals surface area (Å²) in [7, 11) is 3.32. The average molecular weight is 450 g/mol. The van der Waals surface area contributed by atoms with Crippen LogP contribution in [0.15, 0.2) is 48.5 Å². The highest BCUT2D eigenvalue weighted by molar-refractivity contribution is 5.93. The van der Waals surface area contributed by atoms with Crippen LogP contribution in [0.4, 0.5) is 5.69 Å². The van der Waals surface area contributed by atoms with Crippen molar-refractivity contribution < 1.29 is 19.0 Å². The number of hydrogen-bond acceptors (Lipinski definition) is 7. The molecule has 2 aromatic carbocycles. The quantitative estimate of drug-likeness (QED) is 0.592. The third-order valence-electron chi connectivity index (χ3n) is 6.28. The van der Waals surface area contributed by atoms with Gasteiger partial charge in [-0.25, -0.2) is 4.68 Å². The minimum atomic E-state index is -0.141. The lowest BCUT2D eigenvalue weighted by Crippen LogP contribution is -2.49. The maximum atomic E-state index is 13.2. The number of methoxy groups -OCH3 is 2. The van der Waals surface area contributed by atoms with Crippen LogP contribution in [0.3, 0.4) is 0 Å². The van der Waals surface area contributed by atoms with Crippen molar-refractivity contribution in [1.29, 1.82) is 0 Å². The van der Waals surface area contributed by atoms with Gasteiger partial charge in [-0.3, -0.25) is 4.79 Å². The van der Waals surface area contributed by atoms with E-state index in [4.69, 9.17) is 14.2 Å². The normalized spacial score (nSPS) is 18.1. The van der Waals surface area contributed by atoms with Crippen LogP contribution in [0.5, 0.6) is 11.5 Å². The van der Waals surface area contributed by atoms with E-state index in [-0.39, 0.29) is 12.0 Å². The SMILES string of the molecule is COc1ccc(C2Cn3nnc(C(=O)N4CCN(c5ccccc5OC)CC4)c3CO2)cc1. The molecule has 1 saturated heterocycles. The molecular weight excluding hydrogens is 422 g/mol. The lowest BCUT2D eigenvalue weighted by Gasteiger charge is -2.36. The van der Waals surface area contributed by atoms with Gasteiger partial charge < -0.3 is 24.0 Å². The van der Waals surface area contributed by atoms with Gasteiger partial charge in [-0.05, 0) is 29.8 Å². The van der Waals surface area contributed by atoms with Gasteiger partial charge in [-0.2, -0.15) is 0 Å². The molecule has 0 aliphatic carbocycles. The minimum Gasteiger partial charge on any atom is -0.497 e. The Kier molecular flexibility index (Phi) is 5.87. The van der Waals surface area contributed by atoms with Crippen molar-refractivity contribution in [3.63, 3.8) is 0 Å². The molecule has 33 heavy (non-hydrogen) atoms. The molecular formula is C24H27N5O4. The standard InChI is InChI=1S/C24H27N5O4/c1-31-18-9-7-17(8-10-18)22-15-29-20(16-33-22)23(25-26-29)24(30)28-13-11-27(12-14-28)19-5-3-4-6-21(19)32-2/h3-10,22H,11-16H2,1-2H3. The monoisotopic (exact) mass is 449 g/mol. The number of amides is 1. The first kappa shape index (κ1) is 21.3. The number of anilines is 1. The molecule has 2 aliphatic heterocycles. The lowest BCUT2D eigenvalue weighted by molar-refractivity contribution is -0.00198. The fraction of sp³-hybridized carbons (Fsp3) is 0.375. The number of piperazine rings is 1. The zero-order valence-corrected chi connectivity index (χ0v) is 18.8. The summed E-state index contributed by atoms with van der Waals surface area (Å²) in [5.74, 6) is 1.55. The molecule has 0 N–H and O–H groups in total. The molecule has 3 heterocycles. The van der Waals surface area contributed by atoms with Gasteiger partial charge in [-0.1, -0.05) is 29.5 Å². The predicted molar refractivity (Wildman–Crippen MR) is 122 cm³/mol. The van der Waals surface area contributed by atoms with Crippen LogP contribution >= 0.6 is 0 Å². The Labute approximate surface area is 192 Å². The summed E-state index contributed by atoms with van der Waals surface area (Å²) in [4.78, 5) is 17.3. The van der Waals surface area contributed by atoms with Crippen LogP contribution < -0.4 is 14.4 Å². The molecule has 0 bridgehead atoms. The number of carbonyl (C=O) groups is 1. The number of rotatable bonds is 5. The van der Waals surface area contributed by atoms with Gasteiger partial charge in [0.25, 0.3) is 5.91 Å². The second-order valence-corrected chi connectivity index (χ2v) is 8.09. The number of benzene rings is 2. The van der Waals surface area contributed by atoms with Crippen LogP contribution in [0.25, 0.3) is 0 Å². The van der Waals surface area contributed by atoms with E-state index in [1.54, 1.807) is 18.9 Å². The van der Waals surface area contributed by atoms with E-state index < -0.39 is 0 Å². The molecule has 1 aromatic heterocycles. The largest absolute Gasteiger partial charge is 0.497 e. The highest BCUT2D eigenvalue weighted by Crippen LogP contribution is 2.30. The van der Waals surface area contributed by atoms with Crippen molar-refractivity contribution in [2.45, 2.75) is 19.3 Å². The van der Waals surface area contributed by atoms with Crippen molar-refractivity contribution in [3.05, 3.63) is 65.5 Å². The molecule has 1 unspecified atom stereocenters. The van der Waals surface area contributed by atoms with Gasteiger partial charge in [0.2, 0.25) is 0 Å². The molecule has 0 saturated carbocycles. The summed E-state index contributed by atoms with van der Waals surface area (Å²) in [5, 5.41) is 8.48. The Balaban J connectivity index is 1.24. The fourth-order valence-corrected chi connectivity index (χ4v) is 4.39. The summed E-state index contributed by atoms with van der Waals surface area (Å²) in [6, 6.07) is 15.7. The Morgan fingerprint density at radius 1 is 1.00 bits per heavy atom. The molecule has 1 atom stereocenters. The third kappa shape index (κ3) is 4.11. The Bertz CT molecular complexity index is 1120. The Morgan fingerprint density at radius 3 is 2.48 bits per heavy atom. The number of para-hydroxylation sites is 2. The number of hydrogen-bond donors (Lipinski definition) is 0. The van der Waals surface area contributed by atoms with E-state index in [1.165, 1.54) is 0 Å². The molecule has 0 radical (unpaired) electrons. The van der Waals surface area contributed by atoms with Gasteiger partial charge in [0.05, 0.1) is 38.8 Å². The molecule has 0 spiro atoms. The summed E-state index contributed by atoms with van der Waals surface area (Å²) >= 11 is 0. The second-order valence-electron chi connectivity index (χ2n) is 8.09. The van der Waals surface area contributed by atoms with Crippen LogP contribution in [-0.2, 0) is 17.9 Å². The average Bonchev–Trinajstić information content (AvgIpc) is 3.31. The predicted octanol–water partition coefficient (Wildman–Crippen LogP) is 2.53. The molecule has 3 aromatic rings. The van der Waals surface area contributed by atoms with Crippen molar-refractivity contribution >= 4 is 11.6 Å².